The average Bonchev–Trinajstić information content (AvgIpc) is 3.04. The lowest BCUT2D eigenvalue weighted by Gasteiger charge is -2.33. The van der Waals surface area contributed by atoms with E-state index in [2.05, 4.69) is 181 Å². The lowest BCUT2D eigenvalue weighted by molar-refractivity contribution is 1.14. The Kier molecular flexibility index (Phi) is 7.64. The molecule has 0 radical (unpaired) electrons. The Morgan fingerprint density at radius 1 is 0.512 bits per heavy atom. The van der Waals surface area contributed by atoms with Gasteiger partial charge in [-0.2, -0.15) is 0 Å². The van der Waals surface area contributed by atoms with Gasteiger partial charge < -0.3 is 9.80 Å². The zero-order valence-corrected chi connectivity index (χ0v) is 23.6. The van der Waals surface area contributed by atoms with E-state index in [0.717, 1.165) is 29.2 Å². The summed E-state index contributed by atoms with van der Waals surface area (Å²) >= 11 is 0. The Bertz CT molecular complexity index is 1720. The third-order valence-electron chi connectivity index (χ3n) is 7.37. The van der Waals surface area contributed by atoms with Crippen molar-refractivity contribution in [1.82, 2.24) is 0 Å². The average molecular weight is 531 g/mol. The molecule has 0 fully saturated rings. The molecule has 0 saturated carbocycles. The van der Waals surface area contributed by atoms with E-state index in [-0.39, 0.29) is 0 Å². The van der Waals surface area contributed by atoms with Crippen LogP contribution in [0.2, 0.25) is 0 Å². The summed E-state index contributed by atoms with van der Waals surface area (Å²) in [5.41, 5.74) is 6.91. The second kappa shape index (κ2) is 12.0. The summed E-state index contributed by atoms with van der Waals surface area (Å²) in [6.45, 7) is 4.28. The molecule has 41 heavy (non-hydrogen) atoms. The molecule has 0 aliphatic carbocycles. The van der Waals surface area contributed by atoms with E-state index in [4.69, 9.17) is 0 Å². The Labute approximate surface area is 243 Å². The fraction of sp³-hybridized carbons (Fsp3) is 0.0769. The molecule has 6 rings (SSSR count). The fourth-order valence-electron chi connectivity index (χ4n) is 5.72. The van der Waals surface area contributed by atoms with Crippen molar-refractivity contribution in [2.75, 3.05) is 9.80 Å². The minimum atomic E-state index is 0.937. The number of hydrogen-bond acceptors (Lipinski definition) is 2. The van der Waals surface area contributed by atoms with Crippen LogP contribution in [0.5, 0.6) is 0 Å². The maximum Gasteiger partial charge on any atom is 0.0619 e. The summed E-state index contributed by atoms with van der Waals surface area (Å²) in [6.07, 6.45) is 7.59. The van der Waals surface area contributed by atoms with Crippen LogP contribution in [0, 0.1) is 0 Å². The van der Waals surface area contributed by atoms with Crippen LogP contribution >= 0.6 is 0 Å². The topological polar surface area (TPSA) is 6.48 Å². The first kappa shape index (κ1) is 26.2. The number of anilines is 5. The predicted molar refractivity (Wildman–Crippen MR) is 178 cm³/mol. The molecule has 0 unspecified atom stereocenters. The molecule has 0 aliphatic heterocycles. The molecule has 0 bridgehead atoms. The minimum absolute atomic E-state index is 0.937. The second-order valence-electron chi connectivity index (χ2n) is 10.0. The molecule has 0 heterocycles. The standard InChI is InChI=1S/C39H34N2/c1-3-18-30(19-4-2)40(31-20-8-5-9-21-31)38-34-26-14-16-28-36(34)39(37-29-17-15-27-35(37)38)41(32-22-10-6-11-23-32)33-24-12-7-13-25-33/h3,5-29H,4H2,1-2H3. The summed E-state index contributed by atoms with van der Waals surface area (Å²) in [5, 5.41) is 4.80. The van der Waals surface area contributed by atoms with Crippen molar-refractivity contribution >= 4 is 50.0 Å². The van der Waals surface area contributed by atoms with Crippen molar-refractivity contribution in [3.8, 4) is 0 Å². The van der Waals surface area contributed by atoms with Gasteiger partial charge in [-0.1, -0.05) is 122 Å². The lowest BCUT2D eigenvalue weighted by atomic mass is 9.95. The highest BCUT2D eigenvalue weighted by Gasteiger charge is 2.25. The summed E-state index contributed by atoms with van der Waals surface area (Å²) < 4.78 is 0. The third-order valence-corrected chi connectivity index (χ3v) is 7.37. The maximum absolute atomic E-state index is 2.42. The molecular weight excluding hydrogens is 496 g/mol. The van der Waals surface area contributed by atoms with Gasteiger partial charge in [-0.3, -0.25) is 0 Å². The quantitative estimate of drug-likeness (QED) is 0.110. The van der Waals surface area contributed by atoms with Gasteiger partial charge in [0.25, 0.3) is 0 Å². The highest BCUT2D eigenvalue weighted by atomic mass is 15.2. The van der Waals surface area contributed by atoms with Crippen LogP contribution < -0.4 is 9.80 Å². The molecule has 0 saturated heterocycles. The minimum Gasteiger partial charge on any atom is -0.310 e. The molecule has 0 N–H and O–H groups in total. The number of hydrogen-bond donors (Lipinski definition) is 0. The predicted octanol–water partition coefficient (Wildman–Crippen LogP) is 11.5. The normalized spacial score (nSPS) is 11.8. The number of fused-ring (bicyclic) bond motifs is 2. The monoisotopic (exact) mass is 530 g/mol. The molecular formula is C39H34N2. The number of rotatable bonds is 8. The van der Waals surface area contributed by atoms with Crippen LogP contribution in [0.1, 0.15) is 20.3 Å². The van der Waals surface area contributed by atoms with E-state index in [1.807, 2.05) is 0 Å². The molecule has 0 amide bonds. The van der Waals surface area contributed by atoms with E-state index >= 15 is 0 Å². The molecule has 6 aromatic rings. The Hall–Kier alpha value is -5.08. The molecule has 0 aromatic heterocycles. The summed E-state index contributed by atoms with van der Waals surface area (Å²) in [7, 11) is 0. The summed E-state index contributed by atoms with van der Waals surface area (Å²) in [4.78, 5) is 4.82. The van der Waals surface area contributed by atoms with E-state index in [9.17, 15) is 0 Å². The first-order valence-electron chi connectivity index (χ1n) is 14.3. The molecule has 6 aromatic carbocycles. The largest absolute Gasteiger partial charge is 0.310 e. The van der Waals surface area contributed by atoms with E-state index in [0.29, 0.717) is 0 Å². The SMILES string of the molecule is CC=CC(=CCC)N(c1ccccc1)c1c2ccccc2c(N(c2ccccc2)c2ccccc2)c2ccccc12. The van der Waals surface area contributed by atoms with Crippen molar-refractivity contribution in [3.63, 3.8) is 0 Å². The highest BCUT2D eigenvalue weighted by molar-refractivity contribution is 6.22. The van der Waals surface area contributed by atoms with Gasteiger partial charge in [0.1, 0.15) is 0 Å². The van der Waals surface area contributed by atoms with Crippen LogP contribution in [-0.4, -0.2) is 0 Å². The number of nitrogens with zero attached hydrogens (tertiary/aromatic N) is 2. The van der Waals surface area contributed by atoms with Crippen LogP contribution in [0.25, 0.3) is 21.5 Å². The van der Waals surface area contributed by atoms with E-state index < -0.39 is 0 Å². The van der Waals surface area contributed by atoms with Gasteiger partial charge in [-0.25, -0.2) is 0 Å². The van der Waals surface area contributed by atoms with Gasteiger partial charge in [0.15, 0.2) is 0 Å². The van der Waals surface area contributed by atoms with E-state index in [1.165, 1.54) is 32.9 Å². The van der Waals surface area contributed by atoms with Crippen LogP contribution in [0.15, 0.2) is 163 Å². The highest BCUT2D eigenvalue weighted by Crippen LogP contribution is 2.49. The van der Waals surface area contributed by atoms with Crippen molar-refractivity contribution in [2.24, 2.45) is 0 Å². The molecule has 0 spiro atoms. The second-order valence-corrected chi connectivity index (χ2v) is 10.0. The van der Waals surface area contributed by atoms with Crippen molar-refractivity contribution < 1.29 is 0 Å². The Morgan fingerprint density at radius 3 is 1.32 bits per heavy atom. The van der Waals surface area contributed by atoms with E-state index in [1.54, 1.807) is 0 Å². The zero-order chi connectivity index (χ0) is 28.0. The Balaban J connectivity index is 1.76. The van der Waals surface area contributed by atoms with Gasteiger partial charge in [0.2, 0.25) is 0 Å². The summed E-state index contributed by atoms with van der Waals surface area (Å²) in [5.74, 6) is 0. The zero-order valence-electron chi connectivity index (χ0n) is 23.6. The first-order chi connectivity index (χ1) is 20.3. The van der Waals surface area contributed by atoms with Gasteiger partial charge in [0, 0.05) is 44.3 Å². The lowest BCUT2D eigenvalue weighted by Crippen LogP contribution is -2.17. The van der Waals surface area contributed by atoms with Crippen molar-refractivity contribution in [1.29, 1.82) is 0 Å². The summed E-state index contributed by atoms with van der Waals surface area (Å²) in [6, 6.07) is 49.8. The van der Waals surface area contributed by atoms with Crippen LogP contribution in [0.3, 0.4) is 0 Å². The molecule has 200 valence electrons. The smallest absolute Gasteiger partial charge is 0.0619 e. The van der Waals surface area contributed by atoms with Gasteiger partial charge in [-0.05, 0) is 55.8 Å². The Morgan fingerprint density at radius 2 is 0.902 bits per heavy atom. The van der Waals surface area contributed by atoms with Crippen LogP contribution in [-0.2, 0) is 0 Å². The first-order valence-corrected chi connectivity index (χ1v) is 14.3. The van der Waals surface area contributed by atoms with Gasteiger partial charge in [-0.15, -0.1) is 0 Å². The fourth-order valence-corrected chi connectivity index (χ4v) is 5.72. The maximum atomic E-state index is 2.42. The van der Waals surface area contributed by atoms with Gasteiger partial charge in [0.05, 0.1) is 11.4 Å². The third kappa shape index (κ3) is 5.01. The number of allylic oxidation sites excluding steroid dienone is 3. The van der Waals surface area contributed by atoms with Crippen molar-refractivity contribution in [2.45, 2.75) is 20.3 Å². The molecule has 0 atom stereocenters. The number of para-hydroxylation sites is 3. The van der Waals surface area contributed by atoms with Gasteiger partial charge >= 0.3 is 0 Å². The van der Waals surface area contributed by atoms with Crippen molar-refractivity contribution in [3.05, 3.63) is 163 Å². The number of benzene rings is 6. The molecule has 0 aliphatic rings. The van der Waals surface area contributed by atoms with Crippen LogP contribution in [0.4, 0.5) is 28.4 Å². The molecule has 2 heteroatoms. The molecule has 2 nitrogen and oxygen atoms in total.